The van der Waals surface area contributed by atoms with Crippen LogP contribution in [0.1, 0.15) is 36.1 Å². The monoisotopic (exact) mass is 476 g/mol. The largest absolute Gasteiger partial charge is 0.348 e. The van der Waals surface area contributed by atoms with Crippen molar-refractivity contribution in [2.45, 2.75) is 44.3 Å². The molecule has 33 heavy (non-hydrogen) atoms. The lowest BCUT2D eigenvalue weighted by atomic mass is 10.0. The average molecular weight is 477 g/mol. The third-order valence-corrected chi connectivity index (χ3v) is 8.26. The molecule has 0 spiro atoms. The molecule has 6 heteroatoms. The van der Waals surface area contributed by atoms with Crippen LogP contribution in [0.5, 0.6) is 0 Å². The minimum absolute atomic E-state index is 0.108. The first-order valence-electron chi connectivity index (χ1n) is 10.9. The van der Waals surface area contributed by atoms with Crippen molar-refractivity contribution in [3.05, 3.63) is 105 Å². The fraction of sp³-hybridized carbons (Fsp3) is 0.222. The lowest BCUT2D eigenvalue weighted by Crippen LogP contribution is -2.12. The van der Waals surface area contributed by atoms with Crippen LogP contribution < -0.4 is 5.32 Å². The van der Waals surface area contributed by atoms with E-state index in [1.54, 1.807) is 18.2 Å². The molecule has 0 radical (unpaired) electrons. The van der Waals surface area contributed by atoms with Crippen LogP contribution in [0.25, 0.3) is 0 Å². The summed E-state index contributed by atoms with van der Waals surface area (Å²) in [5.74, 6) is 0.537. The Labute approximate surface area is 201 Å². The van der Waals surface area contributed by atoms with Crippen molar-refractivity contribution in [1.29, 1.82) is 5.26 Å². The van der Waals surface area contributed by atoms with Crippen molar-refractivity contribution in [2.24, 2.45) is 0 Å². The summed E-state index contributed by atoms with van der Waals surface area (Å²) in [6, 6.07) is 24.3. The zero-order chi connectivity index (χ0) is 23.8. The minimum atomic E-state index is -3.99. The summed E-state index contributed by atoms with van der Waals surface area (Å²) >= 11 is 1.34. The number of benzene rings is 3. The molecule has 0 unspecified atom stereocenters. The first-order valence-corrected chi connectivity index (χ1v) is 13.4. The van der Waals surface area contributed by atoms with Crippen LogP contribution in [0, 0.1) is 18.3 Å². The highest BCUT2D eigenvalue weighted by Crippen LogP contribution is 2.34. The number of allylic oxidation sites excluding steroid dienone is 1. The molecular formula is C27H28N2O2S2. The highest BCUT2D eigenvalue weighted by molar-refractivity contribution is 8.04. The van der Waals surface area contributed by atoms with Gasteiger partial charge in [0.15, 0.2) is 4.91 Å². The van der Waals surface area contributed by atoms with Crippen molar-refractivity contribution in [3.8, 4) is 6.07 Å². The molecule has 0 aliphatic heterocycles. The summed E-state index contributed by atoms with van der Waals surface area (Å²) < 4.78 is 26.9. The molecular weight excluding hydrogens is 448 g/mol. The highest BCUT2D eigenvalue weighted by atomic mass is 32.2. The van der Waals surface area contributed by atoms with E-state index in [9.17, 15) is 13.7 Å². The zero-order valence-electron chi connectivity index (χ0n) is 19.1. The molecule has 0 saturated heterocycles. The quantitative estimate of drug-likeness (QED) is 0.351. The molecule has 3 aromatic rings. The second-order valence-electron chi connectivity index (χ2n) is 7.65. The summed E-state index contributed by atoms with van der Waals surface area (Å²) in [7, 11) is -3.99. The Kier molecular flexibility index (Phi) is 8.37. The van der Waals surface area contributed by atoms with E-state index in [1.807, 2.05) is 49.4 Å². The van der Waals surface area contributed by atoms with Crippen molar-refractivity contribution < 1.29 is 8.42 Å². The second-order valence-corrected chi connectivity index (χ2v) is 10.5. The normalized spacial score (nSPS) is 12.1. The minimum Gasteiger partial charge on any atom is -0.348 e. The number of para-hydroxylation sites is 1. The predicted octanol–water partition coefficient (Wildman–Crippen LogP) is 6.63. The molecule has 0 aromatic heterocycles. The van der Waals surface area contributed by atoms with Gasteiger partial charge < -0.3 is 5.32 Å². The molecule has 0 fully saturated rings. The Morgan fingerprint density at radius 3 is 2.15 bits per heavy atom. The number of aryl methyl sites for hydroxylation is 3. The van der Waals surface area contributed by atoms with Gasteiger partial charge in [-0.2, -0.15) is 5.26 Å². The first kappa shape index (κ1) is 24.6. The van der Waals surface area contributed by atoms with Gasteiger partial charge in [-0.3, -0.25) is 0 Å². The summed E-state index contributed by atoms with van der Waals surface area (Å²) in [6.45, 7) is 6.15. The second kappa shape index (κ2) is 11.2. The van der Waals surface area contributed by atoms with E-state index in [-0.39, 0.29) is 9.80 Å². The van der Waals surface area contributed by atoms with Gasteiger partial charge in [-0.15, -0.1) is 11.8 Å². The van der Waals surface area contributed by atoms with Crippen molar-refractivity contribution in [3.63, 3.8) is 0 Å². The Morgan fingerprint density at radius 1 is 0.939 bits per heavy atom. The maximum atomic E-state index is 13.4. The van der Waals surface area contributed by atoms with Gasteiger partial charge in [0.2, 0.25) is 9.84 Å². The van der Waals surface area contributed by atoms with Gasteiger partial charge in [0.1, 0.15) is 11.1 Å². The summed E-state index contributed by atoms with van der Waals surface area (Å²) in [5.41, 5.74) is 5.24. The summed E-state index contributed by atoms with van der Waals surface area (Å²) in [4.78, 5) is -0.157. The van der Waals surface area contributed by atoms with Gasteiger partial charge >= 0.3 is 0 Å². The van der Waals surface area contributed by atoms with Crippen LogP contribution in [0.15, 0.2) is 87.6 Å². The predicted molar refractivity (Wildman–Crippen MR) is 138 cm³/mol. The summed E-state index contributed by atoms with van der Waals surface area (Å²) in [6.07, 6.45) is 1.58. The molecule has 0 bridgehead atoms. The van der Waals surface area contributed by atoms with Gasteiger partial charge in [0.05, 0.1) is 4.90 Å². The van der Waals surface area contributed by atoms with Gasteiger partial charge in [-0.05, 0) is 48.6 Å². The van der Waals surface area contributed by atoms with Crippen LogP contribution in [-0.2, 0) is 28.4 Å². The number of hydrogen-bond donors (Lipinski definition) is 1. The van der Waals surface area contributed by atoms with Crippen LogP contribution in [0.3, 0.4) is 0 Å². The van der Waals surface area contributed by atoms with Crippen molar-refractivity contribution >= 4 is 27.3 Å². The fourth-order valence-corrected chi connectivity index (χ4v) is 6.10. The van der Waals surface area contributed by atoms with Gasteiger partial charge in [0, 0.05) is 11.4 Å². The maximum Gasteiger partial charge on any atom is 0.219 e. The van der Waals surface area contributed by atoms with Crippen molar-refractivity contribution in [1.82, 2.24) is 0 Å². The molecule has 0 amide bonds. The number of rotatable bonds is 9. The lowest BCUT2D eigenvalue weighted by molar-refractivity contribution is 0.603. The zero-order valence-corrected chi connectivity index (χ0v) is 20.8. The van der Waals surface area contributed by atoms with Gasteiger partial charge in [-0.25, -0.2) is 8.42 Å². The smallest absolute Gasteiger partial charge is 0.219 e. The number of nitriles is 1. The van der Waals surface area contributed by atoms with Crippen LogP contribution in [-0.4, -0.2) is 8.42 Å². The van der Waals surface area contributed by atoms with Crippen molar-refractivity contribution in [2.75, 3.05) is 5.32 Å². The molecule has 170 valence electrons. The summed E-state index contributed by atoms with van der Waals surface area (Å²) in [5, 5.41) is 13.7. The molecule has 0 atom stereocenters. The Bertz CT molecular complexity index is 1270. The fourth-order valence-electron chi connectivity index (χ4n) is 3.58. The standard InChI is InChI=1S/C27H28N2O2S2/c1-4-22-13-10-14-23(5-2)26(22)29-27(32-19-21-12-9-11-20(3)17-21)25(18-28)33(30,31)24-15-7-6-8-16-24/h6-17,29H,4-5,19H2,1-3H3. The van der Waals surface area contributed by atoms with E-state index in [4.69, 9.17) is 0 Å². The number of nitrogens with zero attached hydrogens (tertiary/aromatic N) is 1. The van der Waals surface area contributed by atoms with E-state index in [1.165, 1.54) is 23.9 Å². The molecule has 3 aromatic carbocycles. The number of sulfone groups is 1. The molecule has 4 nitrogen and oxygen atoms in total. The van der Waals surface area contributed by atoms with Gasteiger partial charge in [-0.1, -0.05) is 80.1 Å². The van der Waals surface area contributed by atoms with E-state index < -0.39 is 9.84 Å². The van der Waals surface area contributed by atoms with E-state index in [2.05, 4.69) is 25.2 Å². The molecule has 0 aliphatic rings. The third kappa shape index (κ3) is 5.87. The maximum absolute atomic E-state index is 13.4. The topological polar surface area (TPSA) is 70.0 Å². The molecule has 0 heterocycles. The SMILES string of the molecule is CCc1cccc(CC)c1NC(SCc1cccc(C)c1)=C(C#N)S(=O)(=O)c1ccccc1. The number of anilines is 1. The third-order valence-electron chi connectivity index (χ3n) is 5.33. The van der Waals surface area contributed by atoms with Gasteiger partial charge in [0.25, 0.3) is 0 Å². The average Bonchev–Trinajstić information content (AvgIpc) is 2.83. The Balaban J connectivity index is 2.13. The number of thioether (sulfide) groups is 1. The van der Waals surface area contributed by atoms with Crippen LogP contribution in [0.4, 0.5) is 5.69 Å². The molecule has 3 rings (SSSR count). The number of nitrogens with one attached hydrogen (secondary N) is 1. The molecule has 0 saturated carbocycles. The van der Waals surface area contributed by atoms with Crippen LogP contribution in [0.2, 0.25) is 0 Å². The van der Waals surface area contributed by atoms with E-state index >= 15 is 0 Å². The highest BCUT2D eigenvalue weighted by Gasteiger charge is 2.26. The molecule has 1 N–H and O–H groups in total. The lowest BCUT2D eigenvalue weighted by Gasteiger charge is -2.19. The number of hydrogen-bond acceptors (Lipinski definition) is 5. The first-order chi connectivity index (χ1) is 15.9. The molecule has 0 aliphatic carbocycles. The Hall–Kier alpha value is -3.01. The Morgan fingerprint density at radius 2 is 1.58 bits per heavy atom. The van der Waals surface area contributed by atoms with E-state index in [0.29, 0.717) is 10.8 Å². The van der Waals surface area contributed by atoms with E-state index in [0.717, 1.165) is 40.8 Å². The van der Waals surface area contributed by atoms with Crippen LogP contribution >= 0.6 is 11.8 Å².